The molecule has 0 heterocycles. The molecule has 0 amide bonds. The van der Waals surface area contributed by atoms with Crippen LogP contribution in [0, 0.1) is 6.92 Å². The Balaban J connectivity index is 1.82. The number of anilines is 2. The van der Waals surface area contributed by atoms with E-state index in [1.807, 2.05) is 66.7 Å². The summed E-state index contributed by atoms with van der Waals surface area (Å²) in [7, 11) is 1.65. The number of ether oxygens (including phenoxy) is 1. The van der Waals surface area contributed by atoms with Crippen LogP contribution < -0.4 is 20.4 Å². The Kier molecular flexibility index (Phi) is 6.18. The summed E-state index contributed by atoms with van der Waals surface area (Å²) in [5.41, 5.74) is 4.10. The Morgan fingerprint density at radius 1 is 0.815 bits per heavy atom. The van der Waals surface area contributed by atoms with E-state index in [4.69, 9.17) is 17.0 Å². The Hall–Kier alpha value is -3.18. The SMILES string of the molecule is COc1ccc(NC(=S)[NH+]=C(Nc2ccc(C)cc2)c2ccccc2)cc1. The van der Waals surface area contributed by atoms with E-state index in [2.05, 4.69) is 34.7 Å². The molecule has 4 nitrogen and oxygen atoms in total. The molecule has 3 aromatic rings. The second-order valence-electron chi connectivity index (χ2n) is 6.04. The second kappa shape index (κ2) is 8.96. The fourth-order valence-electron chi connectivity index (χ4n) is 2.51. The normalized spacial score (nSPS) is 11.0. The zero-order valence-electron chi connectivity index (χ0n) is 15.3. The van der Waals surface area contributed by atoms with Gasteiger partial charge in [-0.15, -0.1) is 0 Å². The second-order valence-corrected chi connectivity index (χ2v) is 6.45. The van der Waals surface area contributed by atoms with Crippen LogP contribution in [0.2, 0.25) is 0 Å². The van der Waals surface area contributed by atoms with Crippen molar-refractivity contribution < 1.29 is 9.73 Å². The van der Waals surface area contributed by atoms with Crippen molar-refractivity contribution in [2.24, 2.45) is 0 Å². The van der Waals surface area contributed by atoms with E-state index in [0.29, 0.717) is 5.11 Å². The van der Waals surface area contributed by atoms with Crippen molar-refractivity contribution in [2.75, 3.05) is 17.7 Å². The van der Waals surface area contributed by atoms with Crippen molar-refractivity contribution >= 4 is 34.5 Å². The van der Waals surface area contributed by atoms with Crippen molar-refractivity contribution in [1.82, 2.24) is 0 Å². The van der Waals surface area contributed by atoms with Gasteiger partial charge in [0.15, 0.2) is 0 Å². The number of aryl methyl sites for hydroxylation is 1. The van der Waals surface area contributed by atoms with Crippen LogP contribution in [0.3, 0.4) is 0 Å². The third-order valence-corrected chi connectivity index (χ3v) is 4.17. The lowest BCUT2D eigenvalue weighted by molar-refractivity contribution is -0.309. The molecule has 27 heavy (non-hydrogen) atoms. The van der Waals surface area contributed by atoms with E-state index in [-0.39, 0.29) is 0 Å². The molecule has 0 aliphatic heterocycles. The highest BCUT2D eigenvalue weighted by atomic mass is 32.1. The van der Waals surface area contributed by atoms with Gasteiger partial charge in [0.25, 0.3) is 5.11 Å². The van der Waals surface area contributed by atoms with Crippen LogP contribution in [0.5, 0.6) is 5.75 Å². The van der Waals surface area contributed by atoms with Crippen LogP contribution in [0.1, 0.15) is 11.1 Å². The number of rotatable bonds is 4. The first-order chi connectivity index (χ1) is 13.1. The zero-order valence-corrected chi connectivity index (χ0v) is 16.1. The predicted molar refractivity (Wildman–Crippen MR) is 116 cm³/mol. The summed E-state index contributed by atoms with van der Waals surface area (Å²) >= 11 is 5.50. The summed E-state index contributed by atoms with van der Waals surface area (Å²) in [5.74, 6) is 1.61. The number of methoxy groups -OCH3 is 1. The molecule has 5 heteroatoms. The van der Waals surface area contributed by atoms with Crippen molar-refractivity contribution in [1.29, 1.82) is 0 Å². The molecular weight excluding hydrogens is 354 g/mol. The molecule has 0 radical (unpaired) electrons. The number of hydrogen-bond acceptors (Lipinski definition) is 2. The first-order valence-corrected chi connectivity index (χ1v) is 9.03. The van der Waals surface area contributed by atoms with Crippen LogP contribution in [0.15, 0.2) is 78.9 Å². The van der Waals surface area contributed by atoms with E-state index in [0.717, 1.165) is 28.5 Å². The lowest BCUT2D eigenvalue weighted by Gasteiger charge is -2.07. The summed E-state index contributed by atoms with van der Waals surface area (Å²) < 4.78 is 5.18. The van der Waals surface area contributed by atoms with Gasteiger partial charge in [-0.2, -0.15) is 0 Å². The van der Waals surface area contributed by atoms with Gasteiger partial charge in [-0.25, -0.2) is 4.99 Å². The summed E-state index contributed by atoms with van der Waals surface area (Å²) in [6, 6.07) is 25.9. The molecule has 0 atom stereocenters. The van der Waals surface area contributed by atoms with Crippen molar-refractivity contribution in [3.63, 3.8) is 0 Å². The predicted octanol–water partition coefficient (Wildman–Crippen LogP) is 3.34. The van der Waals surface area contributed by atoms with Crippen LogP contribution in [0.4, 0.5) is 11.4 Å². The maximum atomic E-state index is 5.50. The van der Waals surface area contributed by atoms with E-state index in [9.17, 15) is 0 Å². The summed E-state index contributed by atoms with van der Waals surface area (Å²) in [4.78, 5) is 3.27. The Morgan fingerprint density at radius 2 is 1.41 bits per heavy atom. The van der Waals surface area contributed by atoms with E-state index >= 15 is 0 Å². The van der Waals surface area contributed by atoms with Crippen LogP contribution in [-0.2, 0) is 0 Å². The van der Waals surface area contributed by atoms with E-state index in [1.54, 1.807) is 7.11 Å². The van der Waals surface area contributed by atoms with Gasteiger partial charge < -0.3 is 4.74 Å². The Labute approximate surface area is 164 Å². The van der Waals surface area contributed by atoms with Gasteiger partial charge in [-0.05, 0) is 67.7 Å². The molecule has 0 unspecified atom stereocenters. The van der Waals surface area contributed by atoms with Gasteiger partial charge in [0.2, 0.25) is 5.84 Å². The van der Waals surface area contributed by atoms with Gasteiger partial charge in [0.05, 0.1) is 18.5 Å². The molecule has 0 saturated heterocycles. The summed E-state index contributed by atoms with van der Waals surface area (Å²) in [6.07, 6.45) is 0. The van der Waals surface area contributed by atoms with Crippen LogP contribution >= 0.6 is 12.2 Å². The number of amidine groups is 1. The highest BCUT2D eigenvalue weighted by Crippen LogP contribution is 2.14. The highest BCUT2D eigenvalue weighted by Gasteiger charge is 2.11. The molecule has 3 aromatic carbocycles. The quantitative estimate of drug-likeness (QED) is 0.371. The molecule has 3 rings (SSSR count). The topological polar surface area (TPSA) is 47.3 Å². The molecule has 0 fully saturated rings. The Bertz CT molecular complexity index is 920. The zero-order chi connectivity index (χ0) is 19.1. The van der Waals surface area contributed by atoms with Gasteiger partial charge in [-0.3, -0.25) is 10.6 Å². The number of nitrogens with one attached hydrogen (secondary N) is 3. The minimum atomic E-state index is 0.499. The van der Waals surface area contributed by atoms with Crippen LogP contribution in [0.25, 0.3) is 0 Å². The molecule has 0 saturated carbocycles. The number of benzene rings is 3. The average Bonchev–Trinajstić information content (AvgIpc) is 2.70. The number of hydrogen-bond donors (Lipinski definition) is 3. The molecule has 0 aromatic heterocycles. The lowest BCUT2D eigenvalue weighted by atomic mass is 10.2. The van der Waals surface area contributed by atoms with Crippen molar-refractivity contribution in [2.45, 2.75) is 6.92 Å². The maximum Gasteiger partial charge on any atom is 0.292 e. The van der Waals surface area contributed by atoms with E-state index in [1.165, 1.54) is 5.56 Å². The maximum absolute atomic E-state index is 5.50. The van der Waals surface area contributed by atoms with Crippen LogP contribution in [-0.4, -0.2) is 18.1 Å². The third-order valence-electron chi connectivity index (χ3n) is 3.97. The molecule has 0 spiro atoms. The fourth-order valence-corrected chi connectivity index (χ4v) is 2.73. The lowest BCUT2D eigenvalue weighted by Crippen LogP contribution is -2.80. The van der Waals surface area contributed by atoms with E-state index < -0.39 is 0 Å². The average molecular weight is 377 g/mol. The van der Waals surface area contributed by atoms with Crippen molar-refractivity contribution in [3.05, 3.63) is 90.0 Å². The fraction of sp³-hybridized carbons (Fsp3) is 0.0909. The smallest absolute Gasteiger partial charge is 0.292 e. The Morgan fingerprint density at radius 3 is 2.04 bits per heavy atom. The molecule has 0 aliphatic rings. The van der Waals surface area contributed by atoms with Gasteiger partial charge >= 0.3 is 0 Å². The standard InChI is InChI=1S/C22H21N3OS/c1-16-8-10-18(11-9-16)23-21(17-6-4-3-5-7-17)25-22(27)24-19-12-14-20(26-2)15-13-19/h3-15H,1-2H3,(H2,23,24,25,27)/p+1. The minimum absolute atomic E-state index is 0.499. The van der Waals surface area contributed by atoms with Gasteiger partial charge in [-0.1, -0.05) is 35.9 Å². The highest BCUT2D eigenvalue weighted by molar-refractivity contribution is 7.80. The van der Waals surface area contributed by atoms with Gasteiger partial charge in [0, 0.05) is 5.56 Å². The number of thiocarbonyl (C=S) groups is 1. The largest absolute Gasteiger partial charge is 0.497 e. The monoisotopic (exact) mass is 376 g/mol. The van der Waals surface area contributed by atoms with Gasteiger partial charge in [0.1, 0.15) is 5.75 Å². The van der Waals surface area contributed by atoms with Crippen molar-refractivity contribution in [3.8, 4) is 5.75 Å². The molecule has 3 N–H and O–H groups in total. The first-order valence-electron chi connectivity index (χ1n) is 8.62. The molecule has 0 aliphatic carbocycles. The molecular formula is C22H22N3OS+. The molecule has 136 valence electrons. The molecule has 0 bridgehead atoms. The minimum Gasteiger partial charge on any atom is -0.497 e. The first kappa shape index (κ1) is 18.6. The summed E-state index contributed by atoms with van der Waals surface area (Å²) in [6.45, 7) is 2.07. The summed E-state index contributed by atoms with van der Waals surface area (Å²) in [5, 5.41) is 7.11. The third kappa shape index (κ3) is 5.39.